The second kappa shape index (κ2) is 9.17. The monoisotopic (exact) mass is 401 g/mol. The highest BCUT2D eigenvalue weighted by molar-refractivity contribution is 6.30. The van der Waals surface area contributed by atoms with Gasteiger partial charge in [0.1, 0.15) is 0 Å². The fourth-order valence-corrected chi connectivity index (χ4v) is 3.67. The number of ether oxygens (including phenoxy) is 1. The van der Waals surface area contributed by atoms with Gasteiger partial charge in [-0.15, -0.1) is 0 Å². The first-order chi connectivity index (χ1) is 13.5. The predicted molar refractivity (Wildman–Crippen MR) is 109 cm³/mol. The van der Waals surface area contributed by atoms with Crippen molar-refractivity contribution in [3.63, 3.8) is 0 Å². The van der Waals surface area contributed by atoms with E-state index in [0.717, 1.165) is 46.4 Å². The molecule has 6 nitrogen and oxygen atoms in total. The molecule has 0 radical (unpaired) electrons. The molecule has 0 aliphatic rings. The van der Waals surface area contributed by atoms with Crippen LogP contribution in [0.15, 0.2) is 30.6 Å². The van der Waals surface area contributed by atoms with Gasteiger partial charge in [0.25, 0.3) is 0 Å². The normalized spacial score (nSPS) is 11.2. The number of carboxylic acids is 1. The summed E-state index contributed by atoms with van der Waals surface area (Å²) in [6.07, 6.45) is 6.51. The Morgan fingerprint density at radius 2 is 2.11 bits per heavy atom. The summed E-state index contributed by atoms with van der Waals surface area (Å²) in [6, 6.07) is 6.05. The maximum Gasteiger partial charge on any atom is 0.303 e. The Labute approximate surface area is 169 Å². The van der Waals surface area contributed by atoms with Gasteiger partial charge in [-0.3, -0.25) is 9.78 Å². The Morgan fingerprint density at radius 1 is 1.29 bits per heavy atom. The van der Waals surface area contributed by atoms with Gasteiger partial charge in [0.05, 0.1) is 22.8 Å². The van der Waals surface area contributed by atoms with Crippen LogP contribution in [-0.4, -0.2) is 32.8 Å². The van der Waals surface area contributed by atoms with Crippen molar-refractivity contribution in [2.75, 3.05) is 7.11 Å². The number of aromatic nitrogens is 3. The number of hydrogen-bond donors (Lipinski definition) is 1. The molecule has 0 saturated heterocycles. The smallest absolute Gasteiger partial charge is 0.303 e. The summed E-state index contributed by atoms with van der Waals surface area (Å²) in [5.41, 5.74) is 5.98. The van der Waals surface area contributed by atoms with Gasteiger partial charge in [0.2, 0.25) is 0 Å². The van der Waals surface area contributed by atoms with E-state index in [4.69, 9.17) is 26.5 Å². The number of carboxylic acid groups (broad SMARTS) is 1. The average molecular weight is 402 g/mol. The topological polar surface area (TPSA) is 76.7 Å². The fourth-order valence-electron chi connectivity index (χ4n) is 3.50. The van der Waals surface area contributed by atoms with E-state index in [-0.39, 0.29) is 6.42 Å². The van der Waals surface area contributed by atoms with Gasteiger partial charge < -0.3 is 9.84 Å². The molecule has 0 fully saturated rings. The van der Waals surface area contributed by atoms with E-state index in [1.54, 1.807) is 19.5 Å². The third-order valence-electron chi connectivity index (χ3n) is 4.77. The van der Waals surface area contributed by atoms with Crippen molar-refractivity contribution in [2.24, 2.45) is 0 Å². The lowest BCUT2D eigenvalue weighted by atomic mass is 9.95. The number of pyridine rings is 1. The molecule has 0 unspecified atom stereocenters. The average Bonchev–Trinajstić information content (AvgIpc) is 3.07. The van der Waals surface area contributed by atoms with E-state index >= 15 is 0 Å². The Kier molecular flexibility index (Phi) is 6.65. The molecular formula is C21H24ClN3O3. The molecule has 3 aromatic heterocycles. The lowest BCUT2D eigenvalue weighted by Gasteiger charge is -2.17. The molecule has 3 heterocycles. The molecule has 3 aromatic rings. The summed E-state index contributed by atoms with van der Waals surface area (Å²) in [7, 11) is 1.65. The van der Waals surface area contributed by atoms with Crippen LogP contribution in [0.5, 0.6) is 0 Å². The van der Waals surface area contributed by atoms with Crippen LogP contribution in [0.1, 0.15) is 43.1 Å². The number of unbranched alkanes of at least 4 members (excludes halogenated alkanes) is 1. The summed E-state index contributed by atoms with van der Waals surface area (Å²) < 4.78 is 7.38. The lowest BCUT2D eigenvalue weighted by molar-refractivity contribution is -0.137. The van der Waals surface area contributed by atoms with Gasteiger partial charge in [-0.1, -0.05) is 18.5 Å². The maximum absolute atomic E-state index is 10.9. The number of carbonyl (C=O) groups is 1. The molecule has 0 saturated carbocycles. The molecule has 3 rings (SSSR count). The molecule has 0 bridgehead atoms. The number of methoxy groups -OCH3 is 1. The first kappa shape index (κ1) is 20.3. The van der Waals surface area contributed by atoms with E-state index in [1.165, 1.54) is 0 Å². The van der Waals surface area contributed by atoms with Gasteiger partial charge in [-0.2, -0.15) is 5.10 Å². The highest BCUT2D eigenvalue weighted by Crippen LogP contribution is 2.33. The van der Waals surface area contributed by atoms with Crippen molar-refractivity contribution in [3.05, 3.63) is 52.6 Å². The minimum absolute atomic E-state index is 0.161. The van der Waals surface area contributed by atoms with Crippen LogP contribution in [-0.2, 0) is 29.0 Å². The molecule has 148 valence electrons. The summed E-state index contributed by atoms with van der Waals surface area (Å²) in [5.74, 6) is -0.774. The second-order valence-electron chi connectivity index (χ2n) is 6.70. The van der Waals surface area contributed by atoms with Gasteiger partial charge in [0.15, 0.2) is 0 Å². The van der Waals surface area contributed by atoms with E-state index in [9.17, 15) is 4.79 Å². The molecule has 0 aliphatic heterocycles. The van der Waals surface area contributed by atoms with Crippen LogP contribution >= 0.6 is 11.6 Å². The zero-order chi connectivity index (χ0) is 20.1. The van der Waals surface area contributed by atoms with Crippen molar-refractivity contribution in [1.29, 1.82) is 0 Å². The van der Waals surface area contributed by atoms with Crippen LogP contribution in [0.2, 0.25) is 5.02 Å². The molecule has 0 aromatic carbocycles. The van der Waals surface area contributed by atoms with Crippen LogP contribution in [0.4, 0.5) is 0 Å². The standard InChI is InChI=1S/C21H24ClN3O3/c1-3-16-8-9-19-21(14-10-15(22)12-23-11-14)17(6-4-5-7-20(26)27)18(13-28-2)24-25(16)19/h8-12H,3-7,13H2,1-2H3,(H,26,27). The third-order valence-corrected chi connectivity index (χ3v) is 4.97. The Balaban J connectivity index is 2.17. The van der Waals surface area contributed by atoms with E-state index in [2.05, 4.69) is 24.0 Å². The van der Waals surface area contributed by atoms with Crippen LogP contribution in [0, 0.1) is 0 Å². The number of aryl methyl sites for hydroxylation is 1. The molecule has 7 heteroatoms. The SMILES string of the molecule is CCc1ccc2c(-c3cncc(Cl)c3)c(CCCCC(=O)O)c(COC)nn12. The number of rotatable bonds is 9. The van der Waals surface area contributed by atoms with Crippen LogP contribution in [0.3, 0.4) is 0 Å². The molecule has 28 heavy (non-hydrogen) atoms. The summed E-state index contributed by atoms with van der Waals surface area (Å²) in [5, 5.41) is 14.3. The molecule has 1 N–H and O–H groups in total. The van der Waals surface area contributed by atoms with Gasteiger partial charge in [-0.05, 0) is 49.4 Å². The lowest BCUT2D eigenvalue weighted by Crippen LogP contribution is -2.10. The van der Waals surface area contributed by atoms with Crippen molar-refractivity contribution in [1.82, 2.24) is 14.6 Å². The molecule has 0 spiro atoms. The van der Waals surface area contributed by atoms with E-state index in [0.29, 0.717) is 24.5 Å². The van der Waals surface area contributed by atoms with E-state index < -0.39 is 5.97 Å². The Hall–Kier alpha value is -2.44. The molecule has 0 atom stereocenters. The van der Waals surface area contributed by atoms with Crippen molar-refractivity contribution < 1.29 is 14.6 Å². The molecule has 0 aliphatic carbocycles. The fraction of sp³-hybridized carbons (Fsp3) is 0.381. The van der Waals surface area contributed by atoms with Crippen molar-refractivity contribution >= 4 is 23.1 Å². The Morgan fingerprint density at radius 3 is 2.79 bits per heavy atom. The number of hydrogen-bond acceptors (Lipinski definition) is 4. The summed E-state index contributed by atoms with van der Waals surface area (Å²) >= 11 is 6.22. The minimum Gasteiger partial charge on any atom is -0.481 e. The largest absolute Gasteiger partial charge is 0.481 e. The predicted octanol–water partition coefficient (Wildman–Crippen LogP) is 4.56. The second-order valence-corrected chi connectivity index (χ2v) is 7.14. The van der Waals surface area contributed by atoms with Crippen LogP contribution in [0.25, 0.3) is 16.6 Å². The van der Waals surface area contributed by atoms with E-state index in [1.807, 2.05) is 10.6 Å². The maximum atomic E-state index is 10.9. The third kappa shape index (κ3) is 4.34. The van der Waals surface area contributed by atoms with Crippen molar-refractivity contribution in [3.8, 4) is 11.1 Å². The number of halogens is 1. The molecular weight excluding hydrogens is 378 g/mol. The summed E-state index contributed by atoms with van der Waals surface area (Å²) in [4.78, 5) is 15.1. The highest BCUT2D eigenvalue weighted by Gasteiger charge is 2.19. The zero-order valence-electron chi connectivity index (χ0n) is 16.1. The number of aliphatic carboxylic acids is 1. The quantitative estimate of drug-likeness (QED) is 0.532. The number of nitrogens with zero attached hydrogens (tertiary/aromatic N) is 3. The molecule has 0 amide bonds. The Bertz CT molecular complexity index is 984. The van der Waals surface area contributed by atoms with Crippen LogP contribution < -0.4 is 0 Å². The van der Waals surface area contributed by atoms with Gasteiger partial charge in [-0.25, -0.2) is 4.52 Å². The van der Waals surface area contributed by atoms with Gasteiger partial charge in [0, 0.05) is 42.7 Å². The first-order valence-corrected chi connectivity index (χ1v) is 9.77. The minimum atomic E-state index is -0.774. The zero-order valence-corrected chi connectivity index (χ0v) is 16.9. The number of fused-ring (bicyclic) bond motifs is 1. The van der Waals surface area contributed by atoms with Crippen molar-refractivity contribution in [2.45, 2.75) is 45.6 Å². The summed E-state index contributed by atoms with van der Waals surface area (Å²) in [6.45, 7) is 2.48. The highest BCUT2D eigenvalue weighted by atomic mass is 35.5. The first-order valence-electron chi connectivity index (χ1n) is 9.39. The van der Waals surface area contributed by atoms with Gasteiger partial charge >= 0.3 is 5.97 Å².